The van der Waals surface area contributed by atoms with E-state index in [1.54, 1.807) is 31.0 Å². The van der Waals surface area contributed by atoms with Crippen molar-refractivity contribution < 1.29 is 9.90 Å². The second-order valence-corrected chi connectivity index (χ2v) is 6.83. The normalized spacial score (nSPS) is 22.4. The van der Waals surface area contributed by atoms with Crippen LogP contribution in [0.25, 0.3) is 0 Å². The van der Waals surface area contributed by atoms with Crippen molar-refractivity contribution in [2.24, 2.45) is 13.0 Å². The average molecular weight is 334 g/mol. The Bertz CT molecular complexity index is 726. The van der Waals surface area contributed by atoms with Crippen molar-refractivity contribution in [3.63, 3.8) is 0 Å². The molecular formula is C17H20ClN3O2. The average Bonchev–Trinajstić information content (AvgIpc) is 3.19. The number of carbonyl (C=O) groups excluding carboxylic acids is 1. The quantitative estimate of drug-likeness (QED) is 0.881. The Kier molecular flexibility index (Phi) is 4.17. The first kappa shape index (κ1) is 16.0. The predicted octanol–water partition coefficient (Wildman–Crippen LogP) is 2.20. The third-order valence-electron chi connectivity index (χ3n) is 4.34. The first-order chi connectivity index (χ1) is 10.9. The van der Waals surface area contributed by atoms with Crippen molar-refractivity contribution in [1.82, 2.24) is 15.1 Å². The summed E-state index contributed by atoms with van der Waals surface area (Å²) in [4.78, 5) is 12.3. The highest BCUT2D eigenvalue weighted by Gasteiger charge is 2.44. The van der Waals surface area contributed by atoms with Gasteiger partial charge in [0.1, 0.15) is 5.60 Å². The van der Waals surface area contributed by atoms with E-state index in [1.807, 2.05) is 24.3 Å². The third-order valence-corrected chi connectivity index (χ3v) is 4.57. The van der Waals surface area contributed by atoms with Crippen LogP contribution in [0, 0.1) is 5.92 Å². The molecule has 1 saturated carbocycles. The molecular weight excluding hydrogens is 314 g/mol. The summed E-state index contributed by atoms with van der Waals surface area (Å²) in [7, 11) is 1.79. The van der Waals surface area contributed by atoms with Gasteiger partial charge >= 0.3 is 0 Å². The van der Waals surface area contributed by atoms with Gasteiger partial charge in [0.25, 0.3) is 0 Å². The maximum absolute atomic E-state index is 12.3. The highest BCUT2D eigenvalue weighted by atomic mass is 35.5. The summed E-state index contributed by atoms with van der Waals surface area (Å²) in [5.74, 6) is 0.148. The largest absolute Gasteiger partial charge is 0.383 e. The molecule has 6 heteroatoms. The Balaban J connectivity index is 1.57. The van der Waals surface area contributed by atoms with E-state index >= 15 is 0 Å². The minimum absolute atomic E-state index is 0.0286. The molecule has 3 atom stereocenters. The van der Waals surface area contributed by atoms with Crippen LogP contribution in [0.1, 0.15) is 30.4 Å². The number of hydrogen-bond donors (Lipinski definition) is 2. The second kappa shape index (κ2) is 5.98. The van der Waals surface area contributed by atoms with Gasteiger partial charge in [0.05, 0.1) is 12.7 Å². The maximum atomic E-state index is 12.3. The Hall–Kier alpha value is -1.85. The highest BCUT2D eigenvalue weighted by Crippen LogP contribution is 2.48. The Labute approximate surface area is 140 Å². The maximum Gasteiger partial charge on any atom is 0.223 e. The number of amides is 1. The van der Waals surface area contributed by atoms with Gasteiger partial charge in [-0.05, 0) is 37.0 Å². The number of aryl methyl sites for hydroxylation is 1. The molecule has 2 aromatic rings. The first-order valence-electron chi connectivity index (χ1n) is 7.61. The highest BCUT2D eigenvalue weighted by molar-refractivity contribution is 6.30. The third kappa shape index (κ3) is 3.57. The van der Waals surface area contributed by atoms with Crippen molar-refractivity contribution in [2.45, 2.75) is 24.9 Å². The zero-order valence-corrected chi connectivity index (χ0v) is 13.9. The first-order valence-corrected chi connectivity index (χ1v) is 7.99. The van der Waals surface area contributed by atoms with Crippen LogP contribution in [0.4, 0.5) is 0 Å². The molecule has 1 aromatic heterocycles. The zero-order valence-electron chi connectivity index (χ0n) is 13.2. The Morgan fingerprint density at radius 3 is 3.00 bits per heavy atom. The number of aliphatic hydroxyl groups is 1. The molecule has 0 saturated heterocycles. The molecule has 23 heavy (non-hydrogen) atoms. The van der Waals surface area contributed by atoms with Crippen LogP contribution < -0.4 is 5.32 Å². The molecule has 0 spiro atoms. The van der Waals surface area contributed by atoms with E-state index in [0.717, 1.165) is 12.0 Å². The van der Waals surface area contributed by atoms with Gasteiger partial charge in [-0.15, -0.1) is 0 Å². The summed E-state index contributed by atoms with van der Waals surface area (Å²) in [5, 5.41) is 18.1. The monoisotopic (exact) mass is 333 g/mol. The van der Waals surface area contributed by atoms with E-state index in [4.69, 9.17) is 11.6 Å². The van der Waals surface area contributed by atoms with Crippen molar-refractivity contribution in [3.05, 3.63) is 52.8 Å². The van der Waals surface area contributed by atoms with Gasteiger partial charge in [0.2, 0.25) is 5.91 Å². The fraction of sp³-hybridized carbons (Fsp3) is 0.412. The number of benzene rings is 1. The summed E-state index contributed by atoms with van der Waals surface area (Å²) < 4.78 is 1.63. The second-order valence-electron chi connectivity index (χ2n) is 6.40. The minimum atomic E-state index is -1.13. The van der Waals surface area contributed by atoms with E-state index in [0.29, 0.717) is 10.6 Å². The number of rotatable bonds is 5. The molecule has 3 rings (SSSR count). The van der Waals surface area contributed by atoms with Gasteiger partial charge in [-0.1, -0.05) is 23.7 Å². The van der Waals surface area contributed by atoms with Gasteiger partial charge in [-0.25, -0.2) is 0 Å². The summed E-state index contributed by atoms with van der Waals surface area (Å²) in [6.45, 7) is 1.84. The van der Waals surface area contributed by atoms with Crippen LogP contribution >= 0.6 is 11.6 Å². The minimum Gasteiger partial charge on any atom is -0.383 e. The van der Waals surface area contributed by atoms with E-state index in [1.165, 1.54) is 0 Å². The molecule has 1 aromatic carbocycles. The zero-order chi connectivity index (χ0) is 16.6. The van der Waals surface area contributed by atoms with Crippen LogP contribution in [0.15, 0.2) is 36.7 Å². The smallest absolute Gasteiger partial charge is 0.223 e. The van der Waals surface area contributed by atoms with E-state index < -0.39 is 5.60 Å². The lowest BCUT2D eigenvalue weighted by Crippen LogP contribution is -2.39. The fourth-order valence-corrected chi connectivity index (χ4v) is 2.98. The molecule has 5 nitrogen and oxygen atoms in total. The van der Waals surface area contributed by atoms with Crippen LogP contribution in [0.5, 0.6) is 0 Å². The number of carbonyl (C=O) groups is 1. The molecule has 3 unspecified atom stereocenters. The van der Waals surface area contributed by atoms with E-state index in [2.05, 4.69) is 10.4 Å². The SMILES string of the molecule is Cn1cc(C(C)(O)CNC(=O)C2CC2c2cccc(Cl)c2)cn1. The molecule has 0 bridgehead atoms. The fourth-order valence-electron chi connectivity index (χ4n) is 2.78. The number of halogens is 1. The summed E-state index contributed by atoms with van der Waals surface area (Å²) in [5.41, 5.74) is 0.642. The van der Waals surface area contributed by atoms with Gasteiger partial charge in [-0.2, -0.15) is 5.10 Å². The number of nitrogens with one attached hydrogen (secondary N) is 1. The Morgan fingerprint density at radius 1 is 1.57 bits per heavy atom. The molecule has 1 aliphatic rings. The molecule has 1 heterocycles. The van der Waals surface area contributed by atoms with Gasteiger partial charge in [0, 0.05) is 29.7 Å². The summed E-state index contributed by atoms with van der Waals surface area (Å²) in [6, 6.07) is 7.63. The van der Waals surface area contributed by atoms with Crippen LogP contribution in [-0.4, -0.2) is 27.3 Å². The topological polar surface area (TPSA) is 67.2 Å². The lowest BCUT2D eigenvalue weighted by molar-refractivity contribution is -0.123. The van der Waals surface area contributed by atoms with E-state index in [-0.39, 0.29) is 24.3 Å². The molecule has 1 fully saturated rings. The number of aromatic nitrogens is 2. The molecule has 122 valence electrons. The lowest BCUT2D eigenvalue weighted by atomic mass is 9.99. The van der Waals surface area contributed by atoms with Crippen molar-refractivity contribution in [1.29, 1.82) is 0 Å². The van der Waals surface area contributed by atoms with Gasteiger partial charge in [0.15, 0.2) is 0 Å². The lowest BCUT2D eigenvalue weighted by Gasteiger charge is -2.22. The van der Waals surface area contributed by atoms with E-state index in [9.17, 15) is 9.90 Å². The molecule has 0 radical (unpaired) electrons. The van der Waals surface area contributed by atoms with Gasteiger partial charge in [-0.3, -0.25) is 9.48 Å². The van der Waals surface area contributed by atoms with Crippen molar-refractivity contribution in [2.75, 3.05) is 6.54 Å². The molecule has 0 aliphatic heterocycles. The Morgan fingerprint density at radius 2 is 2.35 bits per heavy atom. The van der Waals surface area contributed by atoms with Crippen molar-refractivity contribution >= 4 is 17.5 Å². The van der Waals surface area contributed by atoms with Crippen LogP contribution in [0.3, 0.4) is 0 Å². The number of hydrogen-bond acceptors (Lipinski definition) is 3. The van der Waals surface area contributed by atoms with Crippen LogP contribution in [0.2, 0.25) is 5.02 Å². The molecule has 1 amide bonds. The number of nitrogens with zero attached hydrogens (tertiary/aromatic N) is 2. The summed E-state index contributed by atoms with van der Waals surface area (Å²) in [6.07, 6.45) is 4.18. The molecule has 2 N–H and O–H groups in total. The summed E-state index contributed by atoms with van der Waals surface area (Å²) >= 11 is 5.99. The van der Waals surface area contributed by atoms with Crippen LogP contribution in [-0.2, 0) is 17.4 Å². The molecule has 1 aliphatic carbocycles. The van der Waals surface area contributed by atoms with Gasteiger partial charge < -0.3 is 10.4 Å². The standard InChI is InChI=1S/C17H20ClN3O2/c1-17(23,12-8-20-21(2)9-12)10-19-16(22)15-7-14(15)11-4-3-5-13(18)6-11/h3-6,8-9,14-15,23H,7,10H2,1-2H3,(H,19,22). The predicted molar refractivity (Wildman–Crippen MR) is 88.1 cm³/mol. The van der Waals surface area contributed by atoms with Crippen molar-refractivity contribution in [3.8, 4) is 0 Å².